The molecule has 1 heterocycles. The number of amides is 1. The van der Waals surface area contributed by atoms with Crippen LogP contribution in [0.25, 0.3) is 0 Å². The van der Waals surface area contributed by atoms with Crippen molar-refractivity contribution in [2.45, 2.75) is 17.7 Å². The summed E-state index contributed by atoms with van der Waals surface area (Å²) < 4.78 is 51.8. The van der Waals surface area contributed by atoms with E-state index in [0.717, 1.165) is 18.2 Å². The number of carbonyl (C=O) groups excluding carboxylic acids is 1. The largest absolute Gasteiger partial charge is 0.268 e. The Kier molecular flexibility index (Phi) is 4.76. The van der Waals surface area contributed by atoms with Crippen LogP contribution < -0.4 is 9.03 Å². The van der Waals surface area contributed by atoms with Crippen LogP contribution in [0.4, 0.5) is 5.69 Å². The van der Waals surface area contributed by atoms with E-state index in [4.69, 9.17) is 0 Å². The number of hydrogen-bond donors (Lipinski definition) is 1. The van der Waals surface area contributed by atoms with Crippen LogP contribution in [0.5, 0.6) is 0 Å². The maximum Gasteiger partial charge on any atom is 0.264 e. The summed E-state index contributed by atoms with van der Waals surface area (Å²) in [6, 6.07) is 12.7. The maximum absolute atomic E-state index is 13.1. The molecule has 0 bridgehead atoms. The molecule has 0 radical (unpaired) electrons. The lowest BCUT2D eigenvalue weighted by Gasteiger charge is -2.30. The predicted octanol–water partition coefficient (Wildman–Crippen LogP) is 1.52. The number of anilines is 1. The Morgan fingerprint density at radius 2 is 1.77 bits per heavy atom. The molecule has 3 rings (SSSR count). The summed E-state index contributed by atoms with van der Waals surface area (Å²) in [6.45, 7) is 0.346. The van der Waals surface area contributed by atoms with E-state index in [2.05, 4.69) is 0 Å². The Hall–Kier alpha value is -2.39. The number of aryl methyl sites for hydroxylation is 1. The molecule has 9 heteroatoms. The molecular weight excluding hydrogens is 376 g/mol. The van der Waals surface area contributed by atoms with Gasteiger partial charge in [-0.1, -0.05) is 24.3 Å². The van der Waals surface area contributed by atoms with Gasteiger partial charge in [0.15, 0.2) is 0 Å². The summed E-state index contributed by atoms with van der Waals surface area (Å²) in [7, 11) is -7.61. The van der Waals surface area contributed by atoms with Gasteiger partial charge in [0.1, 0.15) is 0 Å². The number of benzene rings is 2. The lowest BCUT2D eigenvalue weighted by atomic mass is 10.0. The maximum atomic E-state index is 13.1. The summed E-state index contributed by atoms with van der Waals surface area (Å²) in [6.07, 6.45) is 2.36. The van der Waals surface area contributed by atoms with Gasteiger partial charge in [-0.05, 0) is 42.7 Å². The molecule has 1 aliphatic heterocycles. The molecule has 7 nitrogen and oxygen atoms in total. The molecule has 0 atom stereocenters. The van der Waals surface area contributed by atoms with Gasteiger partial charge in [-0.15, -0.1) is 0 Å². The van der Waals surface area contributed by atoms with Gasteiger partial charge in [0.2, 0.25) is 10.0 Å². The zero-order valence-corrected chi connectivity index (χ0v) is 15.7. The minimum absolute atomic E-state index is 0.0400. The number of nitrogens with zero attached hydrogens (tertiary/aromatic N) is 1. The van der Waals surface area contributed by atoms with Gasteiger partial charge in [0.05, 0.1) is 16.8 Å². The Balaban J connectivity index is 1.99. The van der Waals surface area contributed by atoms with Crippen LogP contribution in [-0.2, 0) is 26.5 Å². The molecule has 1 aliphatic rings. The zero-order valence-electron chi connectivity index (χ0n) is 14.0. The Bertz CT molecular complexity index is 1060. The first-order valence-corrected chi connectivity index (χ1v) is 11.2. The fourth-order valence-electron chi connectivity index (χ4n) is 2.90. The van der Waals surface area contributed by atoms with Gasteiger partial charge in [0.25, 0.3) is 15.9 Å². The Labute approximate surface area is 152 Å². The van der Waals surface area contributed by atoms with Crippen molar-refractivity contribution in [3.05, 3.63) is 59.7 Å². The second-order valence-electron chi connectivity index (χ2n) is 6.04. The Morgan fingerprint density at radius 3 is 2.50 bits per heavy atom. The van der Waals surface area contributed by atoms with Gasteiger partial charge in [0, 0.05) is 12.1 Å². The highest BCUT2D eigenvalue weighted by Gasteiger charge is 2.29. The minimum atomic E-state index is -3.87. The molecule has 26 heavy (non-hydrogen) atoms. The molecule has 138 valence electrons. The van der Waals surface area contributed by atoms with Crippen molar-refractivity contribution >= 4 is 31.6 Å². The van der Waals surface area contributed by atoms with Crippen LogP contribution in [0.3, 0.4) is 0 Å². The smallest absolute Gasteiger partial charge is 0.264 e. The van der Waals surface area contributed by atoms with Crippen molar-refractivity contribution < 1.29 is 21.6 Å². The van der Waals surface area contributed by atoms with Gasteiger partial charge >= 0.3 is 0 Å². The summed E-state index contributed by atoms with van der Waals surface area (Å²) in [4.78, 5) is 12.0. The number of rotatable bonds is 4. The molecule has 0 aromatic heterocycles. The fraction of sp³-hybridized carbons (Fsp3) is 0.235. The highest BCUT2D eigenvalue weighted by atomic mass is 32.2. The van der Waals surface area contributed by atoms with Gasteiger partial charge < -0.3 is 0 Å². The quantitative estimate of drug-likeness (QED) is 0.847. The fourth-order valence-corrected chi connectivity index (χ4v) is 4.94. The third-order valence-corrected chi connectivity index (χ3v) is 6.40. The van der Waals surface area contributed by atoms with E-state index < -0.39 is 26.0 Å². The monoisotopic (exact) mass is 394 g/mol. The number of sulfonamides is 2. The lowest BCUT2D eigenvalue weighted by molar-refractivity contribution is 0.0981. The van der Waals surface area contributed by atoms with Crippen LogP contribution in [-0.4, -0.2) is 35.5 Å². The van der Waals surface area contributed by atoms with Crippen molar-refractivity contribution in [2.24, 2.45) is 0 Å². The van der Waals surface area contributed by atoms with E-state index in [1.54, 1.807) is 12.1 Å². The average molecular weight is 394 g/mol. The topological polar surface area (TPSA) is 101 Å². The summed E-state index contributed by atoms with van der Waals surface area (Å²) in [5.74, 6) is -0.872. The third kappa shape index (κ3) is 3.73. The highest BCUT2D eigenvalue weighted by molar-refractivity contribution is 7.92. The number of carbonyl (C=O) groups is 1. The van der Waals surface area contributed by atoms with Crippen molar-refractivity contribution in [1.29, 1.82) is 0 Å². The number of para-hydroxylation sites is 1. The summed E-state index contributed by atoms with van der Waals surface area (Å²) >= 11 is 0. The van der Waals surface area contributed by atoms with Gasteiger partial charge in [-0.2, -0.15) is 0 Å². The first kappa shape index (κ1) is 18.4. The second-order valence-corrected chi connectivity index (χ2v) is 9.65. The Morgan fingerprint density at radius 1 is 1.04 bits per heavy atom. The molecule has 0 unspecified atom stereocenters. The van der Waals surface area contributed by atoms with Crippen LogP contribution in [0.1, 0.15) is 22.3 Å². The first-order chi connectivity index (χ1) is 12.2. The lowest BCUT2D eigenvalue weighted by Crippen LogP contribution is -2.35. The molecule has 0 spiro atoms. The van der Waals surface area contributed by atoms with Crippen LogP contribution in [0, 0.1) is 0 Å². The van der Waals surface area contributed by atoms with Crippen LogP contribution in [0.2, 0.25) is 0 Å². The SMILES string of the molecule is CS(=O)(=O)NC(=O)c1cccc(S(=O)(=O)N2CCCc3ccccc32)c1. The van der Waals surface area contributed by atoms with Crippen molar-refractivity contribution in [3.8, 4) is 0 Å². The molecule has 2 aromatic rings. The highest BCUT2D eigenvalue weighted by Crippen LogP contribution is 2.31. The molecule has 0 aliphatic carbocycles. The standard InChI is InChI=1S/C17H18N2O5S2/c1-25(21,22)18-17(20)14-7-4-9-15(12-14)26(23,24)19-11-5-8-13-6-2-3-10-16(13)19/h2-4,6-7,9-10,12H,5,8,11H2,1H3,(H,18,20). The van der Waals surface area contributed by atoms with E-state index in [9.17, 15) is 21.6 Å². The zero-order chi connectivity index (χ0) is 18.9. The molecule has 0 fully saturated rings. The second kappa shape index (κ2) is 6.73. The van der Waals surface area contributed by atoms with E-state index in [1.807, 2.05) is 16.9 Å². The van der Waals surface area contributed by atoms with E-state index in [0.29, 0.717) is 18.7 Å². The minimum Gasteiger partial charge on any atom is -0.268 e. The number of hydrogen-bond acceptors (Lipinski definition) is 5. The summed E-state index contributed by atoms with van der Waals surface area (Å²) in [5, 5.41) is 0. The third-order valence-electron chi connectivity index (χ3n) is 4.03. The summed E-state index contributed by atoms with van der Waals surface area (Å²) in [5.41, 5.74) is 1.54. The van der Waals surface area contributed by atoms with Crippen molar-refractivity contribution in [3.63, 3.8) is 0 Å². The van der Waals surface area contributed by atoms with Gasteiger partial charge in [-0.3, -0.25) is 9.10 Å². The van der Waals surface area contributed by atoms with Crippen LogP contribution in [0.15, 0.2) is 53.4 Å². The van der Waals surface area contributed by atoms with E-state index in [-0.39, 0.29) is 10.5 Å². The molecule has 2 aromatic carbocycles. The van der Waals surface area contributed by atoms with Crippen LogP contribution >= 0.6 is 0 Å². The molecule has 0 saturated heterocycles. The van der Waals surface area contributed by atoms with Crippen molar-refractivity contribution in [1.82, 2.24) is 4.72 Å². The van der Waals surface area contributed by atoms with E-state index in [1.165, 1.54) is 28.6 Å². The molecule has 1 N–H and O–H groups in total. The van der Waals surface area contributed by atoms with E-state index >= 15 is 0 Å². The normalized spacial score (nSPS) is 14.6. The molecular formula is C17H18N2O5S2. The first-order valence-electron chi connectivity index (χ1n) is 7.91. The predicted molar refractivity (Wildman–Crippen MR) is 98.0 cm³/mol. The van der Waals surface area contributed by atoms with Gasteiger partial charge in [-0.25, -0.2) is 21.6 Å². The number of nitrogens with one attached hydrogen (secondary N) is 1. The van der Waals surface area contributed by atoms with Crippen molar-refractivity contribution in [2.75, 3.05) is 17.1 Å². The molecule has 0 saturated carbocycles. The molecule has 1 amide bonds. The average Bonchev–Trinajstić information content (AvgIpc) is 2.60. The number of fused-ring (bicyclic) bond motifs is 1.